The van der Waals surface area contributed by atoms with Crippen molar-refractivity contribution in [2.24, 2.45) is 0 Å². The maximum Gasteiger partial charge on any atom is 0.248 e. The zero-order valence-electron chi connectivity index (χ0n) is 16.0. The molecule has 0 aromatic heterocycles. The Morgan fingerprint density at radius 1 is 0.966 bits per heavy atom. The molecule has 0 saturated heterocycles. The molecule has 0 aliphatic heterocycles. The topological polar surface area (TPSA) is 55.4 Å². The van der Waals surface area contributed by atoms with E-state index in [4.69, 9.17) is 4.74 Å². The van der Waals surface area contributed by atoms with Crippen molar-refractivity contribution < 1.29 is 14.3 Å². The first-order valence-electron chi connectivity index (χ1n) is 9.08. The van der Waals surface area contributed by atoms with E-state index in [1.807, 2.05) is 60.7 Å². The summed E-state index contributed by atoms with van der Waals surface area (Å²) < 4.78 is 5.16. The summed E-state index contributed by atoms with van der Waals surface area (Å²) in [5.74, 6) is 0.848. The van der Waals surface area contributed by atoms with E-state index in [9.17, 15) is 9.59 Å². The average Bonchev–Trinajstić information content (AvgIpc) is 2.77. The zero-order chi connectivity index (χ0) is 20.5. The van der Waals surface area contributed by atoms with Gasteiger partial charge in [0.05, 0.1) is 12.9 Å². The first-order chi connectivity index (χ1) is 14.1. The molecule has 0 bridgehead atoms. The van der Waals surface area contributed by atoms with Crippen molar-refractivity contribution in [2.45, 2.75) is 4.90 Å². The smallest absolute Gasteiger partial charge is 0.248 e. The standard InChI is InChI=1S/C24H21NO3S/c1-28-21-9-5-8-19(16-21)23(26)17-29-22-13-11-20(12-14-22)25-24(27)15-10-18-6-3-2-4-7-18/h2-16H,17H2,1H3,(H,25,27)/b15-10+. The fourth-order valence-electron chi connectivity index (χ4n) is 2.58. The molecule has 29 heavy (non-hydrogen) atoms. The first kappa shape index (κ1) is 20.4. The van der Waals surface area contributed by atoms with Gasteiger partial charge in [-0.05, 0) is 48.0 Å². The number of Topliss-reactive ketones (excluding diaryl/α,β-unsaturated/α-hetero) is 1. The number of amides is 1. The molecule has 3 aromatic carbocycles. The normalized spacial score (nSPS) is 10.7. The van der Waals surface area contributed by atoms with Gasteiger partial charge in [0.2, 0.25) is 5.91 Å². The van der Waals surface area contributed by atoms with Crippen LogP contribution >= 0.6 is 11.8 Å². The van der Waals surface area contributed by atoms with Crippen molar-refractivity contribution in [3.05, 3.63) is 96.1 Å². The number of hydrogen-bond donors (Lipinski definition) is 1. The molecule has 1 amide bonds. The summed E-state index contributed by atoms with van der Waals surface area (Å²) in [7, 11) is 1.58. The molecule has 0 saturated carbocycles. The fraction of sp³-hybridized carbons (Fsp3) is 0.0833. The number of nitrogens with one attached hydrogen (secondary N) is 1. The lowest BCUT2D eigenvalue weighted by Crippen LogP contribution is -2.07. The van der Waals surface area contributed by atoms with Gasteiger partial charge in [-0.25, -0.2) is 0 Å². The Morgan fingerprint density at radius 3 is 2.45 bits per heavy atom. The number of rotatable bonds is 8. The zero-order valence-corrected chi connectivity index (χ0v) is 16.8. The fourth-order valence-corrected chi connectivity index (χ4v) is 3.38. The average molecular weight is 404 g/mol. The van der Waals surface area contributed by atoms with Crippen LogP contribution in [0.1, 0.15) is 15.9 Å². The van der Waals surface area contributed by atoms with Crippen molar-refractivity contribution in [3.63, 3.8) is 0 Å². The molecule has 0 fully saturated rings. The van der Waals surface area contributed by atoms with Gasteiger partial charge in [0.1, 0.15) is 5.75 Å². The van der Waals surface area contributed by atoms with Gasteiger partial charge in [-0.2, -0.15) is 0 Å². The summed E-state index contributed by atoms with van der Waals surface area (Å²) in [6, 6.07) is 24.2. The van der Waals surface area contributed by atoms with E-state index < -0.39 is 0 Å². The minimum atomic E-state index is -0.192. The third-order valence-corrected chi connectivity index (χ3v) is 5.12. The van der Waals surface area contributed by atoms with E-state index in [1.165, 1.54) is 17.8 Å². The van der Waals surface area contributed by atoms with Gasteiger partial charge in [0.25, 0.3) is 0 Å². The molecule has 0 spiro atoms. The van der Waals surface area contributed by atoms with Crippen LogP contribution in [0.4, 0.5) is 5.69 Å². The first-order valence-corrected chi connectivity index (χ1v) is 10.1. The summed E-state index contributed by atoms with van der Waals surface area (Å²) in [5.41, 5.74) is 2.30. The molecule has 3 rings (SSSR count). The van der Waals surface area contributed by atoms with Crippen LogP contribution in [0, 0.1) is 0 Å². The number of carbonyl (C=O) groups excluding carboxylic acids is 2. The summed E-state index contributed by atoms with van der Waals surface area (Å²) in [6.07, 6.45) is 3.27. The summed E-state index contributed by atoms with van der Waals surface area (Å²) in [6.45, 7) is 0. The number of ether oxygens (including phenoxy) is 1. The predicted molar refractivity (Wildman–Crippen MR) is 119 cm³/mol. The predicted octanol–water partition coefficient (Wildman–Crippen LogP) is 5.32. The van der Waals surface area contributed by atoms with E-state index in [2.05, 4.69) is 5.32 Å². The highest BCUT2D eigenvalue weighted by atomic mass is 32.2. The van der Waals surface area contributed by atoms with E-state index in [0.717, 1.165) is 10.5 Å². The largest absolute Gasteiger partial charge is 0.497 e. The molecule has 146 valence electrons. The Labute approximate surface area is 174 Å². The second-order valence-electron chi connectivity index (χ2n) is 6.20. The van der Waals surface area contributed by atoms with Gasteiger partial charge >= 0.3 is 0 Å². The van der Waals surface area contributed by atoms with Crippen molar-refractivity contribution in [1.82, 2.24) is 0 Å². The monoisotopic (exact) mass is 403 g/mol. The van der Waals surface area contributed by atoms with Crippen molar-refractivity contribution in [3.8, 4) is 5.75 Å². The van der Waals surface area contributed by atoms with E-state index in [0.29, 0.717) is 22.8 Å². The number of anilines is 1. The number of thioether (sulfide) groups is 1. The lowest BCUT2D eigenvalue weighted by Gasteiger charge is -2.06. The SMILES string of the molecule is COc1cccc(C(=O)CSc2ccc(NC(=O)/C=C/c3ccccc3)cc2)c1. The van der Waals surface area contributed by atoms with Crippen LogP contribution in [0.15, 0.2) is 89.8 Å². The molecule has 0 radical (unpaired) electrons. The molecule has 0 aliphatic rings. The molecule has 4 nitrogen and oxygen atoms in total. The second kappa shape index (κ2) is 10.3. The van der Waals surface area contributed by atoms with Crippen LogP contribution < -0.4 is 10.1 Å². The van der Waals surface area contributed by atoms with Crippen LogP contribution in [-0.4, -0.2) is 24.6 Å². The third kappa shape index (κ3) is 6.36. The van der Waals surface area contributed by atoms with Crippen LogP contribution in [0.2, 0.25) is 0 Å². The van der Waals surface area contributed by atoms with E-state index >= 15 is 0 Å². The molecule has 0 heterocycles. The van der Waals surface area contributed by atoms with Crippen LogP contribution in [0.3, 0.4) is 0 Å². The van der Waals surface area contributed by atoms with Crippen LogP contribution in [0.25, 0.3) is 6.08 Å². The molecule has 1 N–H and O–H groups in total. The minimum absolute atomic E-state index is 0.0392. The minimum Gasteiger partial charge on any atom is -0.497 e. The summed E-state index contributed by atoms with van der Waals surface area (Å²) in [5, 5.41) is 2.83. The highest BCUT2D eigenvalue weighted by molar-refractivity contribution is 8.00. The second-order valence-corrected chi connectivity index (χ2v) is 7.25. The quantitative estimate of drug-likeness (QED) is 0.314. The number of benzene rings is 3. The Kier molecular flexibility index (Phi) is 7.25. The maximum atomic E-state index is 12.3. The van der Waals surface area contributed by atoms with E-state index in [1.54, 1.807) is 31.4 Å². The number of carbonyl (C=O) groups is 2. The molecule has 0 atom stereocenters. The Bertz CT molecular complexity index is 998. The lowest BCUT2D eigenvalue weighted by molar-refractivity contribution is -0.111. The van der Waals surface area contributed by atoms with Crippen LogP contribution in [-0.2, 0) is 4.79 Å². The van der Waals surface area contributed by atoms with Gasteiger partial charge in [-0.1, -0.05) is 42.5 Å². The number of hydrogen-bond acceptors (Lipinski definition) is 4. The van der Waals surface area contributed by atoms with Crippen molar-refractivity contribution in [1.29, 1.82) is 0 Å². The van der Waals surface area contributed by atoms with Gasteiger partial charge < -0.3 is 10.1 Å². The van der Waals surface area contributed by atoms with Gasteiger partial charge in [-0.15, -0.1) is 11.8 Å². The number of methoxy groups -OCH3 is 1. The van der Waals surface area contributed by atoms with Gasteiger partial charge in [0.15, 0.2) is 5.78 Å². The van der Waals surface area contributed by atoms with Crippen molar-refractivity contribution >= 4 is 35.2 Å². The highest BCUT2D eigenvalue weighted by Crippen LogP contribution is 2.22. The molecule has 0 unspecified atom stereocenters. The Morgan fingerprint density at radius 2 is 1.72 bits per heavy atom. The summed E-state index contributed by atoms with van der Waals surface area (Å²) >= 11 is 1.45. The third-order valence-electron chi connectivity index (χ3n) is 4.11. The summed E-state index contributed by atoms with van der Waals surface area (Å²) in [4.78, 5) is 25.3. The molecule has 5 heteroatoms. The molecular formula is C24H21NO3S. The van der Waals surface area contributed by atoms with Crippen molar-refractivity contribution in [2.75, 3.05) is 18.2 Å². The maximum absolute atomic E-state index is 12.3. The lowest BCUT2D eigenvalue weighted by atomic mass is 10.1. The Balaban J connectivity index is 1.51. The molecule has 3 aromatic rings. The van der Waals surface area contributed by atoms with Gasteiger partial charge in [-0.3, -0.25) is 9.59 Å². The highest BCUT2D eigenvalue weighted by Gasteiger charge is 2.08. The van der Waals surface area contributed by atoms with E-state index in [-0.39, 0.29) is 11.7 Å². The Hall–Kier alpha value is -3.31. The van der Waals surface area contributed by atoms with Crippen LogP contribution in [0.5, 0.6) is 5.75 Å². The molecular weight excluding hydrogens is 382 g/mol. The number of ketones is 1. The molecule has 0 aliphatic carbocycles. The van der Waals surface area contributed by atoms with Gasteiger partial charge in [0, 0.05) is 22.2 Å².